The van der Waals surface area contributed by atoms with Gasteiger partial charge in [0.2, 0.25) is 0 Å². The number of anilines is 2. The summed E-state index contributed by atoms with van der Waals surface area (Å²) in [6.45, 7) is 3.16. The normalized spacial score (nSPS) is 16.7. The third-order valence-corrected chi connectivity index (χ3v) is 2.86. The molecule has 0 atom stereocenters. The first-order chi connectivity index (χ1) is 7.18. The van der Waals surface area contributed by atoms with E-state index in [1.165, 1.54) is 4.68 Å². The number of nitrogens with zero attached hydrogens (tertiary/aromatic N) is 2. The Balaban J connectivity index is 2.33. The number of hydrogen-bond acceptors (Lipinski definition) is 4. The molecule has 0 spiro atoms. The average molecular weight is 274 g/mol. The van der Waals surface area contributed by atoms with Crippen LogP contribution in [-0.4, -0.2) is 26.3 Å². The Bertz CT molecular complexity index is 365. The van der Waals surface area contributed by atoms with E-state index in [1.807, 2.05) is 6.07 Å². The summed E-state index contributed by atoms with van der Waals surface area (Å²) in [6, 6.07) is 1.98. The molecule has 0 aliphatic carbocycles. The maximum atomic E-state index is 5.92. The van der Waals surface area contributed by atoms with Gasteiger partial charge in [0, 0.05) is 13.1 Å². The molecule has 1 aliphatic rings. The van der Waals surface area contributed by atoms with E-state index in [4.69, 9.17) is 16.3 Å². The van der Waals surface area contributed by atoms with Gasteiger partial charge in [0.25, 0.3) is 0 Å². The van der Waals surface area contributed by atoms with Crippen LogP contribution in [0.15, 0.2) is 16.7 Å². The van der Waals surface area contributed by atoms with E-state index in [0.717, 1.165) is 36.5 Å². The molecule has 0 radical (unpaired) electrons. The van der Waals surface area contributed by atoms with Gasteiger partial charge in [-0.2, -0.15) is 0 Å². The molecule has 82 valence electrons. The van der Waals surface area contributed by atoms with Crippen molar-refractivity contribution in [1.29, 1.82) is 0 Å². The summed E-state index contributed by atoms with van der Waals surface area (Å²) in [4.78, 5) is 2.17. The third kappa shape index (κ3) is 2.15. The van der Waals surface area contributed by atoms with Gasteiger partial charge in [-0.1, -0.05) is 0 Å². The van der Waals surface area contributed by atoms with Crippen molar-refractivity contribution >= 4 is 27.4 Å². The highest BCUT2D eigenvalue weighted by atomic mass is 79.9. The molecule has 15 heavy (non-hydrogen) atoms. The van der Waals surface area contributed by atoms with Crippen molar-refractivity contribution in [3.05, 3.63) is 16.7 Å². The fourth-order valence-electron chi connectivity index (χ4n) is 1.63. The van der Waals surface area contributed by atoms with Crippen molar-refractivity contribution < 1.29 is 9.41 Å². The van der Waals surface area contributed by atoms with Crippen molar-refractivity contribution in [3.63, 3.8) is 0 Å². The second-order valence-corrected chi connectivity index (χ2v) is 4.35. The minimum atomic E-state index is 0.570. The Kier molecular flexibility index (Phi) is 2.97. The molecule has 5 nitrogen and oxygen atoms in total. The van der Waals surface area contributed by atoms with Crippen LogP contribution < -0.4 is 21.2 Å². The van der Waals surface area contributed by atoms with Gasteiger partial charge in [0.05, 0.1) is 17.7 Å². The summed E-state index contributed by atoms with van der Waals surface area (Å²) in [6.07, 6.45) is 1.74. The van der Waals surface area contributed by atoms with Crippen LogP contribution in [-0.2, 0) is 4.74 Å². The maximum absolute atomic E-state index is 5.92. The second kappa shape index (κ2) is 4.24. The zero-order chi connectivity index (χ0) is 10.8. The predicted molar refractivity (Wildman–Crippen MR) is 61.9 cm³/mol. The fourth-order valence-corrected chi connectivity index (χ4v) is 2.07. The SMILES string of the molecule is Nc1c(N2CCOCC2)cc(Br)c[n+]1N. The molecule has 0 unspecified atom stereocenters. The topological polar surface area (TPSA) is 68.4 Å². The average Bonchev–Trinajstić information content (AvgIpc) is 2.24. The number of rotatable bonds is 1. The van der Waals surface area contributed by atoms with E-state index in [1.54, 1.807) is 6.20 Å². The highest BCUT2D eigenvalue weighted by Crippen LogP contribution is 2.23. The van der Waals surface area contributed by atoms with Crippen molar-refractivity contribution in [2.24, 2.45) is 0 Å². The smallest absolute Gasteiger partial charge is 0.319 e. The van der Waals surface area contributed by atoms with Gasteiger partial charge in [0.15, 0.2) is 0 Å². The number of aromatic nitrogens is 1. The van der Waals surface area contributed by atoms with Crippen molar-refractivity contribution in [2.75, 3.05) is 42.8 Å². The van der Waals surface area contributed by atoms with Gasteiger partial charge in [-0.3, -0.25) is 11.6 Å². The number of pyridine rings is 1. The molecule has 1 aromatic rings. The summed E-state index contributed by atoms with van der Waals surface area (Å²) in [7, 11) is 0. The first-order valence-corrected chi connectivity index (χ1v) is 5.56. The molecule has 2 rings (SSSR count). The van der Waals surface area contributed by atoms with Crippen molar-refractivity contribution in [3.8, 4) is 0 Å². The lowest BCUT2D eigenvalue weighted by Crippen LogP contribution is -2.48. The van der Waals surface area contributed by atoms with Crippen LogP contribution in [0.1, 0.15) is 0 Å². The molecule has 1 aromatic heterocycles. The van der Waals surface area contributed by atoms with E-state index in [-0.39, 0.29) is 0 Å². The van der Waals surface area contributed by atoms with Gasteiger partial charge in [-0.15, -0.1) is 4.68 Å². The minimum Gasteiger partial charge on any atom is -0.378 e. The first-order valence-electron chi connectivity index (χ1n) is 4.77. The fraction of sp³-hybridized carbons (Fsp3) is 0.444. The highest BCUT2D eigenvalue weighted by Gasteiger charge is 2.19. The second-order valence-electron chi connectivity index (χ2n) is 3.44. The van der Waals surface area contributed by atoms with Gasteiger partial charge in [-0.25, -0.2) is 0 Å². The van der Waals surface area contributed by atoms with Crippen molar-refractivity contribution in [2.45, 2.75) is 0 Å². The Hall–Kier alpha value is -1.01. The molecular weight excluding hydrogens is 260 g/mol. The standard InChI is InChI=1S/C9H13BrN4O/c10-7-5-8(9(11)14(12)6-7)13-1-3-15-4-2-13/h5-6,11H,1-4,12H2/p+1. The van der Waals surface area contributed by atoms with Gasteiger partial charge in [-0.05, 0) is 22.0 Å². The van der Waals surface area contributed by atoms with Gasteiger partial charge >= 0.3 is 5.82 Å². The predicted octanol–water partition coefficient (Wildman–Crippen LogP) is -0.131. The Morgan fingerprint density at radius 2 is 2.07 bits per heavy atom. The number of morpholine rings is 1. The van der Waals surface area contributed by atoms with Crippen LogP contribution in [0.25, 0.3) is 0 Å². The van der Waals surface area contributed by atoms with Crippen LogP contribution in [0.2, 0.25) is 0 Å². The molecule has 0 bridgehead atoms. The molecule has 6 heteroatoms. The summed E-state index contributed by atoms with van der Waals surface area (Å²) in [5.41, 5.74) is 6.87. The number of halogens is 1. The van der Waals surface area contributed by atoms with Crippen LogP contribution >= 0.6 is 15.9 Å². The Morgan fingerprint density at radius 1 is 1.40 bits per heavy atom. The van der Waals surface area contributed by atoms with E-state index in [9.17, 15) is 0 Å². The van der Waals surface area contributed by atoms with E-state index in [0.29, 0.717) is 5.82 Å². The largest absolute Gasteiger partial charge is 0.378 e. The molecule has 1 fully saturated rings. The third-order valence-electron chi connectivity index (χ3n) is 2.43. The van der Waals surface area contributed by atoms with Crippen LogP contribution in [0.4, 0.5) is 11.5 Å². The number of hydrogen-bond donors (Lipinski definition) is 2. The zero-order valence-corrected chi connectivity index (χ0v) is 9.90. The molecule has 0 aromatic carbocycles. The molecule has 1 saturated heterocycles. The van der Waals surface area contributed by atoms with Gasteiger partial charge in [0.1, 0.15) is 11.9 Å². The monoisotopic (exact) mass is 273 g/mol. The lowest BCUT2D eigenvalue weighted by Gasteiger charge is -2.28. The lowest BCUT2D eigenvalue weighted by molar-refractivity contribution is -0.623. The lowest BCUT2D eigenvalue weighted by atomic mass is 10.3. The zero-order valence-electron chi connectivity index (χ0n) is 8.32. The van der Waals surface area contributed by atoms with Crippen LogP contribution in [0, 0.1) is 0 Å². The van der Waals surface area contributed by atoms with E-state index >= 15 is 0 Å². The molecular formula is C9H14BrN4O+. The summed E-state index contributed by atoms with van der Waals surface area (Å²) >= 11 is 3.40. The number of nitrogens with two attached hydrogens (primary N) is 2. The van der Waals surface area contributed by atoms with Crippen molar-refractivity contribution in [1.82, 2.24) is 0 Å². The molecule has 4 N–H and O–H groups in total. The number of nitrogen functional groups attached to an aromatic ring is 2. The molecule has 0 saturated carbocycles. The minimum absolute atomic E-state index is 0.570. The maximum Gasteiger partial charge on any atom is 0.319 e. The summed E-state index contributed by atoms with van der Waals surface area (Å²) < 4.78 is 7.63. The molecule has 1 aliphatic heterocycles. The van der Waals surface area contributed by atoms with E-state index in [2.05, 4.69) is 20.8 Å². The molecule has 2 heterocycles. The van der Waals surface area contributed by atoms with Crippen LogP contribution in [0.5, 0.6) is 0 Å². The first kappa shape index (κ1) is 10.5. The van der Waals surface area contributed by atoms with Gasteiger partial charge < -0.3 is 9.64 Å². The molecule has 0 amide bonds. The van der Waals surface area contributed by atoms with Crippen LogP contribution in [0.3, 0.4) is 0 Å². The summed E-state index contributed by atoms with van der Waals surface area (Å²) in [5, 5.41) is 0. The Morgan fingerprint density at radius 3 is 2.73 bits per heavy atom. The highest BCUT2D eigenvalue weighted by molar-refractivity contribution is 9.10. The van der Waals surface area contributed by atoms with E-state index < -0.39 is 0 Å². The number of ether oxygens (including phenoxy) is 1. The summed E-state index contributed by atoms with van der Waals surface area (Å²) in [5.74, 6) is 6.30. The quantitative estimate of drug-likeness (QED) is 0.553. The Labute approximate surface area is 96.7 Å².